The van der Waals surface area contributed by atoms with Crippen LogP contribution in [-0.4, -0.2) is 41.7 Å². The minimum atomic E-state index is -0.656. The van der Waals surface area contributed by atoms with Crippen LogP contribution in [0.25, 0.3) is 10.8 Å². The largest absolute Gasteiger partial charge is 0.489 e. The zero-order valence-corrected chi connectivity index (χ0v) is 19.8. The molecule has 4 rings (SSSR count). The summed E-state index contributed by atoms with van der Waals surface area (Å²) in [6, 6.07) is 12.9. The fraction of sp³-hybridized carbons (Fsp3) is 0.571. The maximum Gasteiger partial charge on any atom is 0.306 e. The van der Waals surface area contributed by atoms with Crippen molar-refractivity contribution in [2.24, 2.45) is 11.8 Å². The average Bonchev–Trinajstić information content (AvgIpc) is 2.84. The second-order valence-electron chi connectivity index (χ2n) is 9.83. The van der Waals surface area contributed by atoms with Crippen molar-refractivity contribution in [1.29, 1.82) is 5.26 Å². The molecule has 1 aliphatic carbocycles. The number of rotatable bonds is 8. The Bertz CT molecular complexity index is 996. The Morgan fingerprint density at radius 1 is 1.12 bits per heavy atom. The summed E-state index contributed by atoms with van der Waals surface area (Å²) in [5, 5.41) is 21.2. The third-order valence-electron chi connectivity index (χ3n) is 7.70. The molecule has 5 nitrogen and oxygen atoms in total. The highest BCUT2D eigenvalue weighted by Gasteiger charge is 2.24. The molecule has 1 saturated heterocycles. The highest BCUT2D eigenvalue weighted by molar-refractivity contribution is 5.90. The summed E-state index contributed by atoms with van der Waals surface area (Å²) in [5.41, 5.74) is 1.89. The topological polar surface area (TPSA) is 73.6 Å². The van der Waals surface area contributed by atoms with Gasteiger partial charge in [-0.3, -0.25) is 4.79 Å². The smallest absolute Gasteiger partial charge is 0.306 e. The number of nitrogens with zero attached hydrogens (tertiary/aromatic N) is 2. The van der Waals surface area contributed by atoms with Gasteiger partial charge >= 0.3 is 5.97 Å². The lowest BCUT2D eigenvalue weighted by atomic mass is 9.86. The Kier molecular flexibility index (Phi) is 7.88. The molecule has 0 aromatic heterocycles. The standard InChI is InChI=1S/C28H36N2O3/c1-2-20-6-10-24(11-7-20)33-27-12-9-22-8-5-21(18-25(22)26(27)19-29)4-3-15-30-16-13-23(14-17-30)28(31)32/h5,8-9,12,18,20,23-24H,2-4,6-7,10-11,13-17H2,1H3,(H,31,32). The Labute approximate surface area is 197 Å². The van der Waals surface area contributed by atoms with Gasteiger partial charge in [-0.1, -0.05) is 31.5 Å². The van der Waals surface area contributed by atoms with Crippen molar-refractivity contribution < 1.29 is 14.6 Å². The predicted octanol–water partition coefficient (Wildman–Crippen LogP) is 5.79. The Hall–Kier alpha value is -2.58. The molecule has 176 valence electrons. The summed E-state index contributed by atoms with van der Waals surface area (Å²) in [4.78, 5) is 13.5. The molecule has 0 spiro atoms. The molecule has 2 aromatic rings. The molecule has 0 unspecified atom stereocenters. The number of nitriles is 1. The lowest BCUT2D eigenvalue weighted by Crippen LogP contribution is -2.36. The Balaban J connectivity index is 1.38. The van der Waals surface area contributed by atoms with E-state index < -0.39 is 5.97 Å². The van der Waals surface area contributed by atoms with E-state index in [0.29, 0.717) is 5.56 Å². The Morgan fingerprint density at radius 2 is 1.85 bits per heavy atom. The normalized spacial score (nSPS) is 22.2. The van der Waals surface area contributed by atoms with E-state index in [-0.39, 0.29) is 12.0 Å². The van der Waals surface area contributed by atoms with Gasteiger partial charge in [-0.15, -0.1) is 0 Å². The molecule has 5 heteroatoms. The van der Waals surface area contributed by atoms with Gasteiger partial charge in [0.1, 0.15) is 17.4 Å². The molecule has 1 saturated carbocycles. The lowest BCUT2D eigenvalue weighted by molar-refractivity contribution is -0.143. The van der Waals surface area contributed by atoms with Crippen molar-refractivity contribution >= 4 is 16.7 Å². The minimum Gasteiger partial charge on any atom is -0.489 e. The van der Waals surface area contributed by atoms with Crippen LogP contribution in [0.15, 0.2) is 30.3 Å². The van der Waals surface area contributed by atoms with E-state index in [2.05, 4.69) is 42.2 Å². The van der Waals surface area contributed by atoms with Gasteiger partial charge in [0.25, 0.3) is 0 Å². The fourth-order valence-corrected chi connectivity index (χ4v) is 5.46. The molecule has 0 amide bonds. The van der Waals surface area contributed by atoms with Crippen LogP contribution in [0, 0.1) is 23.2 Å². The van der Waals surface area contributed by atoms with Gasteiger partial charge in [0.15, 0.2) is 0 Å². The van der Waals surface area contributed by atoms with Crippen LogP contribution >= 0.6 is 0 Å². The van der Waals surface area contributed by atoms with E-state index in [4.69, 9.17) is 9.84 Å². The maximum atomic E-state index is 11.1. The highest BCUT2D eigenvalue weighted by atomic mass is 16.5. The summed E-state index contributed by atoms with van der Waals surface area (Å²) in [7, 11) is 0. The quantitative estimate of drug-likeness (QED) is 0.553. The summed E-state index contributed by atoms with van der Waals surface area (Å²) < 4.78 is 6.33. The van der Waals surface area contributed by atoms with Crippen molar-refractivity contribution in [3.8, 4) is 11.8 Å². The van der Waals surface area contributed by atoms with Crippen LogP contribution in [0.1, 0.15) is 69.4 Å². The molecule has 0 atom stereocenters. The summed E-state index contributed by atoms with van der Waals surface area (Å²) in [6.07, 6.45) is 9.52. The van der Waals surface area contributed by atoms with E-state index in [0.717, 1.165) is 80.6 Å². The van der Waals surface area contributed by atoms with Gasteiger partial charge in [0.2, 0.25) is 0 Å². The molecule has 1 aliphatic heterocycles. The van der Waals surface area contributed by atoms with E-state index in [1.54, 1.807) is 0 Å². The molecule has 2 fully saturated rings. The second-order valence-corrected chi connectivity index (χ2v) is 9.83. The zero-order valence-electron chi connectivity index (χ0n) is 19.8. The van der Waals surface area contributed by atoms with Crippen molar-refractivity contribution in [2.45, 2.75) is 70.8 Å². The molecule has 2 aromatic carbocycles. The molecule has 33 heavy (non-hydrogen) atoms. The maximum absolute atomic E-state index is 11.1. The van der Waals surface area contributed by atoms with E-state index in [1.807, 2.05) is 6.07 Å². The van der Waals surface area contributed by atoms with Gasteiger partial charge in [-0.25, -0.2) is 0 Å². The first kappa shape index (κ1) is 23.6. The van der Waals surface area contributed by atoms with Crippen LogP contribution in [-0.2, 0) is 11.2 Å². The molecule has 0 radical (unpaired) electrons. The summed E-state index contributed by atoms with van der Waals surface area (Å²) in [6.45, 7) is 4.99. The predicted molar refractivity (Wildman–Crippen MR) is 130 cm³/mol. The minimum absolute atomic E-state index is 0.177. The third kappa shape index (κ3) is 5.86. The number of ether oxygens (including phenoxy) is 1. The van der Waals surface area contributed by atoms with Gasteiger partial charge in [0.05, 0.1) is 12.0 Å². The van der Waals surface area contributed by atoms with E-state index >= 15 is 0 Å². The molecule has 0 bridgehead atoms. The number of carboxylic acids is 1. The van der Waals surface area contributed by atoms with Crippen molar-refractivity contribution in [3.05, 3.63) is 41.5 Å². The highest BCUT2D eigenvalue weighted by Crippen LogP contribution is 2.33. The van der Waals surface area contributed by atoms with Crippen molar-refractivity contribution in [2.75, 3.05) is 19.6 Å². The monoisotopic (exact) mass is 448 g/mol. The lowest BCUT2D eigenvalue weighted by Gasteiger charge is -2.29. The molecule has 1 heterocycles. The molecular formula is C28H36N2O3. The van der Waals surface area contributed by atoms with Crippen LogP contribution in [0.2, 0.25) is 0 Å². The number of aliphatic carboxylic acids is 1. The van der Waals surface area contributed by atoms with Gasteiger partial charge < -0.3 is 14.7 Å². The number of carboxylic acid groups (broad SMARTS) is 1. The van der Waals surface area contributed by atoms with Gasteiger partial charge in [-0.05, 0) is 100 Å². The number of piperidine rings is 1. The van der Waals surface area contributed by atoms with Crippen molar-refractivity contribution in [1.82, 2.24) is 4.90 Å². The number of likely N-dealkylation sites (tertiary alicyclic amines) is 1. The summed E-state index contributed by atoms with van der Waals surface area (Å²) in [5.74, 6) is 0.715. The number of hydrogen-bond acceptors (Lipinski definition) is 4. The molecule has 1 N–H and O–H groups in total. The molecular weight excluding hydrogens is 412 g/mol. The Morgan fingerprint density at radius 3 is 2.52 bits per heavy atom. The average molecular weight is 449 g/mol. The summed E-state index contributed by atoms with van der Waals surface area (Å²) >= 11 is 0. The number of aryl methyl sites for hydroxylation is 1. The van der Waals surface area contributed by atoms with Crippen LogP contribution < -0.4 is 4.74 Å². The van der Waals surface area contributed by atoms with Gasteiger partial charge in [0, 0.05) is 5.39 Å². The number of carbonyl (C=O) groups is 1. The van der Waals surface area contributed by atoms with E-state index in [1.165, 1.54) is 24.8 Å². The van der Waals surface area contributed by atoms with Crippen LogP contribution in [0.5, 0.6) is 5.75 Å². The van der Waals surface area contributed by atoms with Crippen LogP contribution in [0.4, 0.5) is 0 Å². The first-order valence-corrected chi connectivity index (χ1v) is 12.6. The van der Waals surface area contributed by atoms with E-state index in [9.17, 15) is 10.1 Å². The first-order valence-electron chi connectivity index (χ1n) is 12.6. The first-order chi connectivity index (χ1) is 16.1. The van der Waals surface area contributed by atoms with Crippen LogP contribution in [0.3, 0.4) is 0 Å². The number of benzene rings is 2. The second kappa shape index (κ2) is 11.0. The molecule has 2 aliphatic rings. The number of hydrogen-bond donors (Lipinski definition) is 1. The number of fused-ring (bicyclic) bond motifs is 1. The third-order valence-corrected chi connectivity index (χ3v) is 7.70. The van der Waals surface area contributed by atoms with Gasteiger partial charge in [-0.2, -0.15) is 5.26 Å². The van der Waals surface area contributed by atoms with Crippen molar-refractivity contribution in [3.63, 3.8) is 0 Å². The SMILES string of the molecule is CCC1CCC(Oc2ccc3ccc(CCCN4CCC(C(=O)O)CC4)cc3c2C#N)CC1. The fourth-order valence-electron chi connectivity index (χ4n) is 5.46. The zero-order chi connectivity index (χ0) is 23.2.